The van der Waals surface area contributed by atoms with Crippen molar-refractivity contribution >= 4 is 0 Å². The normalized spacial score (nSPS) is 12.9. The van der Waals surface area contributed by atoms with E-state index in [9.17, 15) is 0 Å². The number of nitrogens with zero attached hydrogens (tertiary/aromatic N) is 2. The van der Waals surface area contributed by atoms with Gasteiger partial charge in [0.1, 0.15) is 5.76 Å². The summed E-state index contributed by atoms with van der Waals surface area (Å²) in [5, 5.41) is 4.14. The molecule has 0 aromatic carbocycles. The average Bonchev–Trinajstić information content (AvgIpc) is 2.89. The van der Waals surface area contributed by atoms with E-state index in [4.69, 9.17) is 10.3 Å². The molecule has 5 heteroatoms. The molecule has 1 unspecified atom stereocenters. The van der Waals surface area contributed by atoms with Crippen LogP contribution < -0.4 is 11.3 Å². The average molecular weight is 234 g/mol. The first-order valence-electron chi connectivity index (χ1n) is 5.67. The molecule has 0 radical (unpaired) electrons. The minimum atomic E-state index is 0.118. The third-order valence-corrected chi connectivity index (χ3v) is 2.83. The minimum Gasteiger partial charge on any atom is -0.469 e. The molecule has 2 rings (SSSR count). The number of nitrogens with one attached hydrogen (secondary N) is 1. The Bertz CT molecular complexity index is 474. The van der Waals surface area contributed by atoms with Crippen LogP contribution >= 0.6 is 0 Å². The van der Waals surface area contributed by atoms with Crippen molar-refractivity contribution in [1.29, 1.82) is 0 Å². The van der Waals surface area contributed by atoms with E-state index < -0.39 is 0 Å². The smallest absolute Gasteiger partial charge is 0.101 e. The highest BCUT2D eigenvalue weighted by atomic mass is 16.3. The first-order valence-corrected chi connectivity index (χ1v) is 5.67. The van der Waals surface area contributed by atoms with Crippen LogP contribution in [-0.2, 0) is 13.5 Å². The van der Waals surface area contributed by atoms with Crippen molar-refractivity contribution in [2.75, 3.05) is 0 Å². The van der Waals surface area contributed by atoms with Gasteiger partial charge in [-0.1, -0.05) is 0 Å². The Morgan fingerprint density at radius 3 is 2.94 bits per heavy atom. The van der Waals surface area contributed by atoms with Gasteiger partial charge in [0.2, 0.25) is 0 Å². The fourth-order valence-electron chi connectivity index (χ4n) is 1.90. The van der Waals surface area contributed by atoms with Crippen LogP contribution in [0, 0.1) is 6.92 Å². The van der Waals surface area contributed by atoms with Gasteiger partial charge in [0.25, 0.3) is 0 Å². The molecular weight excluding hydrogens is 216 g/mol. The van der Waals surface area contributed by atoms with Crippen LogP contribution in [0.15, 0.2) is 29.1 Å². The number of aromatic nitrogens is 2. The molecule has 0 fully saturated rings. The zero-order chi connectivity index (χ0) is 12.3. The van der Waals surface area contributed by atoms with Crippen molar-refractivity contribution < 1.29 is 4.42 Å². The first kappa shape index (κ1) is 11.9. The maximum absolute atomic E-state index is 5.57. The summed E-state index contributed by atoms with van der Waals surface area (Å²) in [7, 11) is 1.92. The van der Waals surface area contributed by atoms with Gasteiger partial charge >= 0.3 is 0 Å². The van der Waals surface area contributed by atoms with E-state index in [0.717, 1.165) is 24.2 Å². The van der Waals surface area contributed by atoms with Crippen LogP contribution in [0.1, 0.15) is 29.3 Å². The molecule has 0 saturated carbocycles. The second kappa shape index (κ2) is 5.16. The second-order valence-corrected chi connectivity index (χ2v) is 4.27. The molecule has 5 nitrogen and oxygen atoms in total. The molecule has 0 aliphatic rings. The number of aryl methyl sites for hydroxylation is 3. The third kappa shape index (κ3) is 2.95. The molecule has 3 N–H and O–H groups in total. The quantitative estimate of drug-likeness (QED) is 0.607. The molecule has 17 heavy (non-hydrogen) atoms. The lowest BCUT2D eigenvalue weighted by atomic mass is 10.0. The van der Waals surface area contributed by atoms with Gasteiger partial charge in [-0.05, 0) is 31.4 Å². The fourth-order valence-corrected chi connectivity index (χ4v) is 1.90. The summed E-state index contributed by atoms with van der Waals surface area (Å²) in [6.45, 7) is 1.93. The highest BCUT2D eigenvalue weighted by Gasteiger charge is 2.12. The predicted molar refractivity (Wildman–Crippen MR) is 65.0 cm³/mol. The Kier molecular flexibility index (Phi) is 3.61. The Balaban J connectivity index is 1.96. The van der Waals surface area contributed by atoms with E-state index in [1.807, 2.05) is 37.1 Å². The van der Waals surface area contributed by atoms with Gasteiger partial charge in [0.15, 0.2) is 0 Å². The highest BCUT2D eigenvalue weighted by Crippen LogP contribution is 2.20. The predicted octanol–water partition coefficient (Wildman–Crippen LogP) is 1.46. The summed E-state index contributed by atoms with van der Waals surface area (Å²) in [5.74, 6) is 6.48. The molecule has 0 bridgehead atoms. The van der Waals surface area contributed by atoms with Gasteiger partial charge in [-0.2, -0.15) is 5.10 Å². The summed E-state index contributed by atoms with van der Waals surface area (Å²) < 4.78 is 7.10. The Hall–Kier alpha value is -1.59. The lowest BCUT2D eigenvalue weighted by molar-refractivity contribution is 0.495. The molecule has 0 amide bonds. The third-order valence-electron chi connectivity index (χ3n) is 2.83. The van der Waals surface area contributed by atoms with E-state index in [-0.39, 0.29) is 6.04 Å². The van der Waals surface area contributed by atoms with E-state index in [2.05, 4.69) is 10.5 Å². The first-order chi connectivity index (χ1) is 8.19. The van der Waals surface area contributed by atoms with Gasteiger partial charge < -0.3 is 4.42 Å². The van der Waals surface area contributed by atoms with E-state index in [0.29, 0.717) is 0 Å². The van der Waals surface area contributed by atoms with Gasteiger partial charge in [0, 0.05) is 24.8 Å². The molecule has 0 spiro atoms. The zero-order valence-corrected chi connectivity index (χ0v) is 10.2. The SMILES string of the molecule is Cc1cc(C(CCc2cnn(C)c2)NN)co1. The summed E-state index contributed by atoms with van der Waals surface area (Å²) in [4.78, 5) is 0. The zero-order valence-electron chi connectivity index (χ0n) is 10.2. The second-order valence-electron chi connectivity index (χ2n) is 4.27. The number of hydrazine groups is 1. The number of furan rings is 1. The van der Waals surface area contributed by atoms with Crippen LogP contribution in [0.4, 0.5) is 0 Å². The maximum atomic E-state index is 5.57. The highest BCUT2D eigenvalue weighted by molar-refractivity contribution is 5.17. The van der Waals surface area contributed by atoms with E-state index >= 15 is 0 Å². The van der Waals surface area contributed by atoms with Crippen molar-refractivity contribution in [3.05, 3.63) is 41.6 Å². The molecule has 1 atom stereocenters. The van der Waals surface area contributed by atoms with Crippen LogP contribution in [0.3, 0.4) is 0 Å². The Morgan fingerprint density at radius 2 is 2.41 bits per heavy atom. The van der Waals surface area contributed by atoms with Crippen molar-refractivity contribution in [2.24, 2.45) is 12.9 Å². The lowest BCUT2D eigenvalue weighted by Gasteiger charge is -2.12. The topological polar surface area (TPSA) is 69.0 Å². The summed E-state index contributed by atoms with van der Waals surface area (Å²) >= 11 is 0. The van der Waals surface area contributed by atoms with Crippen molar-refractivity contribution in [2.45, 2.75) is 25.8 Å². The monoisotopic (exact) mass is 234 g/mol. The molecule has 2 heterocycles. The number of hydrogen-bond donors (Lipinski definition) is 2. The van der Waals surface area contributed by atoms with Gasteiger partial charge in [-0.3, -0.25) is 16.0 Å². The van der Waals surface area contributed by atoms with E-state index in [1.54, 1.807) is 6.26 Å². The standard InChI is InChI=1S/C12H18N4O/c1-9-5-11(8-17-9)12(15-13)4-3-10-6-14-16(2)7-10/h5-8,12,15H,3-4,13H2,1-2H3. The van der Waals surface area contributed by atoms with E-state index in [1.165, 1.54) is 5.56 Å². The molecule has 0 aliphatic carbocycles. The molecule has 0 saturated heterocycles. The Morgan fingerprint density at radius 1 is 1.59 bits per heavy atom. The summed E-state index contributed by atoms with van der Waals surface area (Å²) in [6.07, 6.45) is 7.51. The summed E-state index contributed by atoms with van der Waals surface area (Å²) in [5.41, 5.74) is 5.13. The molecular formula is C12H18N4O. The largest absolute Gasteiger partial charge is 0.469 e. The maximum Gasteiger partial charge on any atom is 0.101 e. The minimum absolute atomic E-state index is 0.118. The van der Waals surface area contributed by atoms with Crippen molar-refractivity contribution in [3.8, 4) is 0 Å². The van der Waals surface area contributed by atoms with Gasteiger partial charge in [0.05, 0.1) is 12.5 Å². The van der Waals surface area contributed by atoms with Gasteiger partial charge in [-0.25, -0.2) is 0 Å². The van der Waals surface area contributed by atoms with Crippen LogP contribution in [0.25, 0.3) is 0 Å². The lowest BCUT2D eigenvalue weighted by Crippen LogP contribution is -2.28. The van der Waals surface area contributed by atoms with Crippen molar-refractivity contribution in [3.63, 3.8) is 0 Å². The van der Waals surface area contributed by atoms with Crippen molar-refractivity contribution in [1.82, 2.24) is 15.2 Å². The summed E-state index contributed by atoms with van der Waals surface area (Å²) in [6, 6.07) is 2.13. The van der Waals surface area contributed by atoms with Crippen LogP contribution in [-0.4, -0.2) is 9.78 Å². The molecule has 92 valence electrons. The Labute approximate surface area is 101 Å². The molecule has 0 aliphatic heterocycles. The molecule has 2 aromatic heterocycles. The number of hydrogen-bond acceptors (Lipinski definition) is 4. The number of nitrogens with two attached hydrogens (primary N) is 1. The molecule has 2 aromatic rings. The fraction of sp³-hybridized carbons (Fsp3) is 0.417. The van der Waals surface area contributed by atoms with Crippen LogP contribution in [0.2, 0.25) is 0 Å². The van der Waals surface area contributed by atoms with Gasteiger partial charge in [-0.15, -0.1) is 0 Å². The van der Waals surface area contributed by atoms with Crippen LogP contribution in [0.5, 0.6) is 0 Å². The number of rotatable bonds is 5.